The number of hydrogen-bond donors (Lipinski definition) is 0. The van der Waals surface area contributed by atoms with Gasteiger partial charge in [0.2, 0.25) is 0 Å². The summed E-state index contributed by atoms with van der Waals surface area (Å²) in [5.74, 6) is 6.51. The minimum Gasteiger partial charge on any atom is -0.294 e. The molecule has 0 unspecified atom stereocenters. The number of benzene rings is 1. The van der Waals surface area contributed by atoms with E-state index in [2.05, 4.69) is 25.7 Å². The molecule has 1 nitrogen and oxygen atoms in total. The predicted molar refractivity (Wildman–Crippen MR) is 76.7 cm³/mol. The Bertz CT molecular complexity index is 434. The van der Waals surface area contributed by atoms with Crippen molar-refractivity contribution in [3.8, 4) is 11.8 Å². The average molecular weight is 242 g/mol. The van der Waals surface area contributed by atoms with Gasteiger partial charge in [-0.3, -0.25) is 4.79 Å². The molecule has 0 fully saturated rings. The lowest BCUT2D eigenvalue weighted by Gasteiger charge is -2.02. The van der Waals surface area contributed by atoms with Crippen molar-refractivity contribution in [3.05, 3.63) is 35.4 Å². The molecule has 0 N–H and O–H groups in total. The van der Waals surface area contributed by atoms with Crippen LogP contribution in [-0.4, -0.2) is 5.78 Å². The van der Waals surface area contributed by atoms with E-state index in [1.807, 2.05) is 24.3 Å². The van der Waals surface area contributed by atoms with Crippen LogP contribution in [0, 0.1) is 11.8 Å². The van der Waals surface area contributed by atoms with E-state index in [0.29, 0.717) is 6.42 Å². The number of rotatable bonds is 6. The van der Waals surface area contributed by atoms with Crippen LogP contribution in [0.15, 0.2) is 24.3 Å². The molecule has 1 heteroatoms. The lowest BCUT2D eigenvalue weighted by Crippen LogP contribution is -2.01. The van der Waals surface area contributed by atoms with Crippen molar-refractivity contribution in [1.82, 2.24) is 0 Å². The maximum atomic E-state index is 12.0. The normalized spacial score (nSPS) is 9.67. The maximum Gasteiger partial charge on any atom is 0.164 e. The van der Waals surface area contributed by atoms with Crippen molar-refractivity contribution >= 4 is 5.78 Å². The van der Waals surface area contributed by atoms with Crippen LogP contribution in [0.3, 0.4) is 0 Å². The summed E-state index contributed by atoms with van der Waals surface area (Å²) in [6.45, 7) is 4.26. The van der Waals surface area contributed by atoms with Gasteiger partial charge in [0.25, 0.3) is 0 Å². The topological polar surface area (TPSA) is 17.1 Å². The van der Waals surface area contributed by atoms with E-state index in [9.17, 15) is 4.79 Å². The van der Waals surface area contributed by atoms with Crippen LogP contribution in [0.25, 0.3) is 0 Å². The fourth-order valence-corrected chi connectivity index (χ4v) is 1.73. The number of ketones is 1. The van der Waals surface area contributed by atoms with Crippen LogP contribution in [0.2, 0.25) is 0 Å². The summed E-state index contributed by atoms with van der Waals surface area (Å²) in [4.78, 5) is 12.0. The van der Waals surface area contributed by atoms with Gasteiger partial charge in [-0.15, -0.1) is 0 Å². The third kappa shape index (κ3) is 4.75. The van der Waals surface area contributed by atoms with E-state index in [1.165, 1.54) is 0 Å². The second-order valence-corrected chi connectivity index (χ2v) is 4.48. The van der Waals surface area contributed by atoms with Gasteiger partial charge in [-0.05, 0) is 18.9 Å². The van der Waals surface area contributed by atoms with Gasteiger partial charge in [0.1, 0.15) is 0 Å². The zero-order valence-corrected chi connectivity index (χ0v) is 11.5. The smallest absolute Gasteiger partial charge is 0.164 e. The molecule has 0 amide bonds. The van der Waals surface area contributed by atoms with Crippen LogP contribution in [-0.2, 0) is 0 Å². The van der Waals surface area contributed by atoms with Gasteiger partial charge in [0.15, 0.2) is 5.78 Å². The number of unbranched alkanes of at least 4 members (excludes halogenated alkanes) is 3. The fraction of sp³-hybridized carbons (Fsp3) is 0.471. The Hall–Kier alpha value is -1.55. The minimum atomic E-state index is 0.220. The first-order chi connectivity index (χ1) is 8.79. The molecule has 0 saturated carbocycles. The van der Waals surface area contributed by atoms with Gasteiger partial charge in [-0.1, -0.05) is 56.7 Å². The Morgan fingerprint density at radius 1 is 1.11 bits per heavy atom. The van der Waals surface area contributed by atoms with Crippen molar-refractivity contribution in [2.75, 3.05) is 0 Å². The molecule has 0 aliphatic rings. The van der Waals surface area contributed by atoms with Gasteiger partial charge in [-0.25, -0.2) is 0 Å². The van der Waals surface area contributed by atoms with E-state index in [4.69, 9.17) is 0 Å². The molecule has 96 valence electrons. The van der Waals surface area contributed by atoms with Gasteiger partial charge in [0.05, 0.1) is 0 Å². The molecule has 0 bridgehead atoms. The number of carbonyl (C=O) groups excluding carboxylic acids is 1. The largest absolute Gasteiger partial charge is 0.294 e. The Labute approximate surface area is 111 Å². The quantitative estimate of drug-likeness (QED) is 0.405. The van der Waals surface area contributed by atoms with Crippen LogP contribution in [0.4, 0.5) is 0 Å². The number of Topliss-reactive ketones (excluding diaryl/α,β-unsaturated/α-hetero) is 1. The van der Waals surface area contributed by atoms with Crippen LogP contribution < -0.4 is 0 Å². The standard InChI is InChI=1S/C17H22O/c1-3-5-7-8-11-15-12-9-10-13-16(15)17(18)14-6-4-2/h9-10,12-13H,3-7,14H2,1-2H3. The van der Waals surface area contributed by atoms with Gasteiger partial charge in [0, 0.05) is 24.0 Å². The molecule has 1 aromatic carbocycles. The van der Waals surface area contributed by atoms with Crippen molar-refractivity contribution in [1.29, 1.82) is 0 Å². The van der Waals surface area contributed by atoms with Crippen molar-refractivity contribution in [3.63, 3.8) is 0 Å². The third-order valence-electron chi connectivity index (χ3n) is 2.86. The SMILES string of the molecule is CCCCC#Cc1ccccc1C(=O)CCCC. The van der Waals surface area contributed by atoms with Crippen molar-refractivity contribution in [2.45, 2.75) is 52.4 Å². The summed E-state index contributed by atoms with van der Waals surface area (Å²) >= 11 is 0. The highest BCUT2D eigenvalue weighted by Crippen LogP contribution is 2.12. The van der Waals surface area contributed by atoms with Gasteiger partial charge in [-0.2, -0.15) is 0 Å². The summed E-state index contributed by atoms with van der Waals surface area (Å²) < 4.78 is 0. The van der Waals surface area contributed by atoms with Crippen LogP contribution in [0.5, 0.6) is 0 Å². The van der Waals surface area contributed by atoms with E-state index >= 15 is 0 Å². The zero-order chi connectivity index (χ0) is 13.2. The first-order valence-corrected chi connectivity index (χ1v) is 6.90. The highest BCUT2D eigenvalue weighted by Gasteiger charge is 2.08. The molecule has 0 spiro atoms. The highest BCUT2D eigenvalue weighted by atomic mass is 16.1. The summed E-state index contributed by atoms with van der Waals surface area (Å²) in [7, 11) is 0. The van der Waals surface area contributed by atoms with Crippen LogP contribution >= 0.6 is 0 Å². The van der Waals surface area contributed by atoms with E-state index in [-0.39, 0.29) is 5.78 Å². The lowest BCUT2D eigenvalue weighted by molar-refractivity contribution is 0.0979. The molecule has 0 aliphatic carbocycles. The number of hydrogen-bond acceptors (Lipinski definition) is 1. The summed E-state index contributed by atoms with van der Waals surface area (Å²) in [5.41, 5.74) is 1.67. The third-order valence-corrected chi connectivity index (χ3v) is 2.86. The summed E-state index contributed by atoms with van der Waals surface area (Å²) in [5, 5.41) is 0. The molecule has 0 aliphatic heterocycles. The Kier molecular flexibility index (Phi) is 6.87. The fourth-order valence-electron chi connectivity index (χ4n) is 1.73. The average Bonchev–Trinajstić information content (AvgIpc) is 2.41. The second kappa shape index (κ2) is 8.53. The summed E-state index contributed by atoms with van der Waals surface area (Å²) in [6.07, 6.45) is 5.83. The second-order valence-electron chi connectivity index (χ2n) is 4.48. The maximum absolute atomic E-state index is 12.0. The van der Waals surface area contributed by atoms with Gasteiger partial charge >= 0.3 is 0 Å². The summed E-state index contributed by atoms with van der Waals surface area (Å²) in [6, 6.07) is 7.69. The van der Waals surface area contributed by atoms with Crippen molar-refractivity contribution in [2.24, 2.45) is 0 Å². The predicted octanol–water partition coefficient (Wildman–Crippen LogP) is 4.60. The molecular formula is C17H22O. The lowest BCUT2D eigenvalue weighted by atomic mass is 10.00. The first kappa shape index (κ1) is 14.5. The molecule has 0 heterocycles. The Balaban J connectivity index is 2.78. The van der Waals surface area contributed by atoms with Gasteiger partial charge < -0.3 is 0 Å². The Morgan fingerprint density at radius 3 is 2.56 bits per heavy atom. The molecule has 0 radical (unpaired) electrons. The highest BCUT2D eigenvalue weighted by molar-refractivity contribution is 5.98. The molecule has 18 heavy (non-hydrogen) atoms. The van der Waals surface area contributed by atoms with Crippen molar-refractivity contribution < 1.29 is 4.79 Å². The number of carbonyl (C=O) groups is 1. The van der Waals surface area contributed by atoms with E-state index < -0.39 is 0 Å². The molecule has 1 rings (SSSR count). The molecule has 1 aromatic rings. The molecule has 0 atom stereocenters. The molecular weight excluding hydrogens is 220 g/mol. The monoisotopic (exact) mass is 242 g/mol. The zero-order valence-electron chi connectivity index (χ0n) is 11.5. The van der Waals surface area contributed by atoms with E-state index in [1.54, 1.807) is 0 Å². The first-order valence-electron chi connectivity index (χ1n) is 6.90. The molecule has 0 saturated heterocycles. The van der Waals surface area contributed by atoms with E-state index in [0.717, 1.165) is 43.2 Å². The van der Waals surface area contributed by atoms with Crippen LogP contribution in [0.1, 0.15) is 68.3 Å². The Morgan fingerprint density at radius 2 is 1.83 bits per heavy atom. The minimum absolute atomic E-state index is 0.220. The molecule has 0 aromatic heterocycles.